The first-order valence-corrected chi connectivity index (χ1v) is 12.1. The highest BCUT2D eigenvalue weighted by Gasteiger charge is 2.34. The second kappa shape index (κ2) is 8.14. The van der Waals surface area contributed by atoms with Gasteiger partial charge in [0.1, 0.15) is 11.9 Å². The lowest BCUT2D eigenvalue weighted by atomic mass is 10.1. The Morgan fingerprint density at radius 2 is 1.97 bits per heavy atom. The molecule has 10 heteroatoms. The SMILES string of the molecule is O=C1CSc2ccc(N3C[C@@H](CCN[C@@H]4Cn5c(=O)ccc6ccc(F)c4c65)OC3=O)cc2N1. The minimum Gasteiger partial charge on any atom is -0.444 e. The van der Waals surface area contributed by atoms with Crippen molar-refractivity contribution in [3.05, 3.63) is 64.2 Å². The van der Waals surface area contributed by atoms with Crippen molar-refractivity contribution in [2.45, 2.75) is 30.0 Å². The van der Waals surface area contributed by atoms with Crippen LogP contribution in [0.1, 0.15) is 18.0 Å². The third kappa shape index (κ3) is 3.54. The highest BCUT2D eigenvalue weighted by Crippen LogP contribution is 2.36. The molecule has 0 aliphatic carbocycles. The molecule has 0 radical (unpaired) electrons. The summed E-state index contributed by atoms with van der Waals surface area (Å²) >= 11 is 1.47. The highest BCUT2D eigenvalue weighted by molar-refractivity contribution is 8.00. The Hall–Kier alpha value is -3.37. The molecular formula is C24H21FN4O4S. The molecule has 174 valence electrons. The summed E-state index contributed by atoms with van der Waals surface area (Å²) in [5.41, 5.74) is 2.37. The van der Waals surface area contributed by atoms with Gasteiger partial charge >= 0.3 is 6.09 Å². The van der Waals surface area contributed by atoms with Crippen molar-refractivity contribution >= 4 is 46.0 Å². The number of hydrogen-bond donors (Lipinski definition) is 2. The van der Waals surface area contributed by atoms with Crippen LogP contribution in [0.3, 0.4) is 0 Å². The number of aromatic nitrogens is 1. The van der Waals surface area contributed by atoms with Crippen molar-refractivity contribution < 1.29 is 18.7 Å². The van der Waals surface area contributed by atoms with E-state index in [-0.39, 0.29) is 29.4 Å². The van der Waals surface area contributed by atoms with Gasteiger partial charge in [-0.1, -0.05) is 0 Å². The number of benzene rings is 2. The van der Waals surface area contributed by atoms with Gasteiger partial charge < -0.3 is 19.9 Å². The number of carbonyl (C=O) groups is 2. The fourth-order valence-electron chi connectivity index (χ4n) is 4.89. The lowest BCUT2D eigenvalue weighted by molar-refractivity contribution is -0.113. The molecule has 2 amide bonds. The summed E-state index contributed by atoms with van der Waals surface area (Å²) in [5.74, 6) is -0.0178. The summed E-state index contributed by atoms with van der Waals surface area (Å²) in [6, 6.07) is 11.5. The minimum absolute atomic E-state index is 0.0638. The lowest BCUT2D eigenvalue weighted by Gasteiger charge is -2.20. The summed E-state index contributed by atoms with van der Waals surface area (Å²) in [6.45, 7) is 1.24. The van der Waals surface area contributed by atoms with Crippen LogP contribution in [-0.2, 0) is 16.1 Å². The molecule has 8 nitrogen and oxygen atoms in total. The molecule has 4 heterocycles. The van der Waals surface area contributed by atoms with Crippen LogP contribution in [0.2, 0.25) is 0 Å². The molecule has 1 aromatic heterocycles. The smallest absolute Gasteiger partial charge is 0.414 e. The number of cyclic esters (lactones) is 1. The van der Waals surface area contributed by atoms with Gasteiger partial charge in [-0.25, -0.2) is 9.18 Å². The number of anilines is 2. The van der Waals surface area contributed by atoms with Crippen molar-refractivity contribution in [2.75, 3.05) is 29.1 Å². The first-order chi connectivity index (χ1) is 16.5. The van der Waals surface area contributed by atoms with E-state index in [1.54, 1.807) is 27.7 Å². The van der Waals surface area contributed by atoms with Gasteiger partial charge in [0.15, 0.2) is 0 Å². The molecule has 2 atom stereocenters. The minimum atomic E-state index is -0.435. The van der Waals surface area contributed by atoms with Crippen molar-refractivity contribution in [1.82, 2.24) is 9.88 Å². The van der Waals surface area contributed by atoms with Crippen LogP contribution in [0.25, 0.3) is 10.9 Å². The van der Waals surface area contributed by atoms with E-state index >= 15 is 0 Å². The van der Waals surface area contributed by atoms with Gasteiger partial charge in [0.2, 0.25) is 5.91 Å². The number of amides is 2. The zero-order valence-electron chi connectivity index (χ0n) is 18.0. The monoisotopic (exact) mass is 480 g/mol. The van der Waals surface area contributed by atoms with Gasteiger partial charge in [0.25, 0.3) is 5.56 Å². The maximum Gasteiger partial charge on any atom is 0.414 e. The predicted molar refractivity (Wildman–Crippen MR) is 127 cm³/mol. The van der Waals surface area contributed by atoms with Crippen LogP contribution in [0, 0.1) is 5.82 Å². The zero-order chi connectivity index (χ0) is 23.4. The van der Waals surface area contributed by atoms with E-state index in [4.69, 9.17) is 4.74 Å². The molecule has 2 aromatic carbocycles. The molecule has 1 fully saturated rings. The zero-order valence-corrected chi connectivity index (χ0v) is 18.9. The summed E-state index contributed by atoms with van der Waals surface area (Å²) in [4.78, 5) is 39.0. The molecule has 0 unspecified atom stereocenters. The first-order valence-electron chi connectivity index (χ1n) is 11.1. The van der Waals surface area contributed by atoms with Gasteiger partial charge in [-0.2, -0.15) is 0 Å². The quantitative estimate of drug-likeness (QED) is 0.583. The Bertz CT molecular complexity index is 1410. The van der Waals surface area contributed by atoms with Gasteiger partial charge in [-0.15, -0.1) is 11.8 Å². The molecule has 0 spiro atoms. The Morgan fingerprint density at radius 1 is 1.12 bits per heavy atom. The molecule has 3 aromatic rings. The molecule has 0 saturated carbocycles. The Balaban J connectivity index is 1.12. The number of halogens is 1. The van der Waals surface area contributed by atoms with Gasteiger partial charge in [-0.3, -0.25) is 14.5 Å². The van der Waals surface area contributed by atoms with Gasteiger partial charge in [-0.05, 0) is 54.8 Å². The third-order valence-corrected chi connectivity index (χ3v) is 7.56. The van der Waals surface area contributed by atoms with Crippen molar-refractivity contribution in [2.24, 2.45) is 0 Å². The number of carbonyl (C=O) groups excluding carboxylic acids is 2. The number of nitrogens with one attached hydrogen (secondary N) is 2. The second-order valence-corrected chi connectivity index (χ2v) is 9.63. The molecule has 3 aliphatic rings. The molecule has 3 aliphatic heterocycles. The largest absolute Gasteiger partial charge is 0.444 e. The fourth-order valence-corrected chi connectivity index (χ4v) is 5.68. The molecule has 2 N–H and O–H groups in total. The highest BCUT2D eigenvalue weighted by atomic mass is 32.2. The molecule has 34 heavy (non-hydrogen) atoms. The van der Waals surface area contributed by atoms with E-state index in [9.17, 15) is 18.8 Å². The van der Waals surface area contributed by atoms with Crippen LogP contribution in [-0.4, -0.2) is 41.5 Å². The normalized spacial score (nSPS) is 21.0. The van der Waals surface area contributed by atoms with Crippen molar-refractivity contribution in [1.29, 1.82) is 0 Å². The molecule has 0 bridgehead atoms. The van der Waals surface area contributed by atoms with E-state index in [0.717, 1.165) is 10.3 Å². The van der Waals surface area contributed by atoms with Gasteiger partial charge in [0.05, 0.1) is 29.5 Å². The fraction of sp³-hybridized carbons (Fsp3) is 0.292. The number of thioether (sulfide) groups is 1. The van der Waals surface area contributed by atoms with Crippen LogP contribution in [0.4, 0.5) is 20.6 Å². The predicted octanol–water partition coefficient (Wildman–Crippen LogP) is 3.24. The second-order valence-electron chi connectivity index (χ2n) is 8.61. The van der Waals surface area contributed by atoms with E-state index in [1.165, 1.54) is 23.9 Å². The molecule has 1 saturated heterocycles. The maximum absolute atomic E-state index is 14.6. The Morgan fingerprint density at radius 3 is 2.85 bits per heavy atom. The van der Waals surface area contributed by atoms with Gasteiger partial charge in [0, 0.05) is 28.8 Å². The molecule has 6 rings (SSSR count). The van der Waals surface area contributed by atoms with E-state index in [2.05, 4.69) is 10.6 Å². The van der Waals surface area contributed by atoms with Crippen molar-refractivity contribution in [3.63, 3.8) is 0 Å². The standard InChI is InChI=1S/C24H21FN4O4S/c25-16-4-1-13-2-6-21(31)29-11-18(22(16)23(13)29)26-8-7-15-10-28(24(32)33-15)14-3-5-19-17(9-14)27-20(30)12-34-19/h1-6,9,15,18,26H,7-8,10-12H2,(H,27,30)/t15-,18-/m1/s1. The number of nitrogens with zero attached hydrogens (tertiary/aromatic N) is 2. The topological polar surface area (TPSA) is 92.7 Å². The number of ether oxygens (including phenoxy) is 1. The van der Waals surface area contributed by atoms with Crippen LogP contribution >= 0.6 is 11.8 Å². The van der Waals surface area contributed by atoms with Crippen molar-refractivity contribution in [3.8, 4) is 0 Å². The van der Waals surface area contributed by atoms with Crippen LogP contribution < -0.4 is 21.1 Å². The summed E-state index contributed by atoms with van der Waals surface area (Å²) < 4.78 is 21.8. The van der Waals surface area contributed by atoms with E-state index in [1.807, 2.05) is 12.1 Å². The first kappa shape index (κ1) is 21.2. The third-order valence-electron chi connectivity index (χ3n) is 6.49. The average Bonchev–Trinajstić information content (AvgIpc) is 3.39. The van der Waals surface area contributed by atoms with Crippen LogP contribution in [0.15, 0.2) is 52.2 Å². The maximum atomic E-state index is 14.6. The summed E-state index contributed by atoms with van der Waals surface area (Å²) in [7, 11) is 0. The van der Waals surface area contributed by atoms with E-state index < -0.39 is 6.09 Å². The lowest BCUT2D eigenvalue weighted by Crippen LogP contribution is -2.29. The molecular weight excluding hydrogens is 459 g/mol. The Kier molecular flexibility index (Phi) is 5.07. The number of fused-ring (bicyclic) bond motifs is 1. The summed E-state index contributed by atoms with van der Waals surface area (Å²) in [6.07, 6.45) is -0.221. The number of pyridine rings is 1. The average molecular weight is 481 g/mol. The number of hydrogen-bond acceptors (Lipinski definition) is 6. The van der Waals surface area contributed by atoms with E-state index in [0.29, 0.717) is 54.3 Å². The summed E-state index contributed by atoms with van der Waals surface area (Å²) in [5, 5.41) is 7.01. The Labute approximate surface area is 198 Å². The number of rotatable bonds is 5. The van der Waals surface area contributed by atoms with Crippen LogP contribution in [0.5, 0.6) is 0 Å².